The molecule has 0 radical (unpaired) electrons. The molecular weight excluding hydrogens is 554 g/mol. The number of phosphoric acid groups is 1. The van der Waals surface area contributed by atoms with Crippen LogP contribution in [0.15, 0.2) is 22.2 Å². The third-order valence-corrected chi connectivity index (χ3v) is 7.14. The number of aliphatic hydroxyl groups is 2. The SMILES string of the molecule is Cc1nc2c(ncn2[C@H]2C[C@@H](O)[C@@H](COP(=O)([O-])O[C@@H]3C[C@H](n4cnc(N)nc4=O)O[C@@H]3CO)O2)c(=O)[nH]1.[Na+]. The van der Waals surface area contributed by atoms with E-state index in [0.29, 0.717) is 5.82 Å². The molecule has 0 saturated carbocycles. The Morgan fingerprint density at radius 3 is 2.59 bits per heavy atom. The minimum atomic E-state index is -4.99. The van der Waals surface area contributed by atoms with Gasteiger partial charge < -0.3 is 44.3 Å². The van der Waals surface area contributed by atoms with E-state index in [1.54, 1.807) is 6.92 Å². The number of fused-ring (bicyclic) bond motifs is 1. The van der Waals surface area contributed by atoms with Crippen molar-refractivity contribution in [2.75, 3.05) is 18.9 Å². The molecule has 3 aromatic rings. The number of aromatic nitrogens is 7. The van der Waals surface area contributed by atoms with Crippen molar-refractivity contribution in [2.24, 2.45) is 0 Å². The smallest absolute Gasteiger partial charge is 0.756 e. The average Bonchev–Trinajstić information content (AvgIpc) is 3.54. The van der Waals surface area contributed by atoms with Crippen molar-refractivity contribution in [3.05, 3.63) is 39.3 Å². The summed E-state index contributed by atoms with van der Waals surface area (Å²) in [4.78, 5) is 54.7. The molecule has 0 aliphatic carbocycles. The summed E-state index contributed by atoms with van der Waals surface area (Å²) in [6.45, 7) is 0.420. The molecule has 18 nitrogen and oxygen atoms in total. The monoisotopic (exact) mass is 578 g/mol. The predicted molar refractivity (Wildman–Crippen MR) is 122 cm³/mol. The van der Waals surface area contributed by atoms with Gasteiger partial charge in [0.25, 0.3) is 13.4 Å². The molecule has 2 aliphatic heterocycles. The summed E-state index contributed by atoms with van der Waals surface area (Å²) in [5.74, 6) is 0.119. The second-order valence-corrected chi connectivity index (χ2v) is 10.1. The number of aromatic amines is 1. The maximum atomic E-state index is 12.6. The summed E-state index contributed by atoms with van der Waals surface area (Å²) < 4.78 is 36.4. The minimum absolute atomic E-state index is 0. The van der Waals surface area contributed by atoms with E-state index in [1.807, 2.05) is 0 Å². The summed E-state index contributed by atoms with van der Waals surface area (Å²) >= 11 is 0. The molecule has 5 rings (SSSR count). The third kappa shape index (κ3) is 6.31. The third-order valence-electron chi connectivity index (χ3n) is 6.14. The zero-order valence-electron chi connectivity index (χ0n) is 20.8. The summed E-state index contributed by atoms with van der Waals surface area (Å²) in [5, 5.41) is 20.1. The summed E-state index contributed by atoms with van der Waals surface area (Å²) in [5.41, 5.74) is 4.51. The number of hydrogen-bond acceptors (Lipinski definition) is 15. The van der Waals surface area contributed by atoms with Crippen LogP contribution in [0.4, 0.5) is 5.95 Å². The predicted octanol–water partition coefficient (Wildman–Crippen LogP) is -5.54. The number of aliphatic hydroxyl groups excluding tert-OH is 2. The number of nitrogen functional groups attached to an aromatic ring is 1. The van der Waals surface area contributed by atoms with Crippen LogP contribution >= 0.6 is 7.82 Å². The van der Waals surface area contributed by atoms with Crippen LogP contribution in [0.1, 0.15) is 31.1 Å². The maximum Gasteiger partial charge on any atom is 1.00 e. The molecule has 2 aliphatic rings. The largest absolute Gasteiger partial charge is 1.00 e. The Morgan fingerprint density at radius 1 is 1.18 bits per heavy atom. The van der Waals surface area contributed by atoms with E-state index in [4.69, 9.17) is 24.3 Å². The van der Waals surface area contributed by atoms with Gasteiger partial charge in [-0.1, -0.05) is 0 Å². The van der Waals surface area contributed by atoms with E-state index >= 15 is 0 Å². The second-order valence-electron chi connectivity index (χ2n) is 8.75. The van der Waals surface area contributed by atoms with Gasteiger partial charge in [0.05, 0.1) is 31.7 Å². The first-order valence-electron chi connectivity index (χ1n) is 11.4. The zero-order chi connectivity index (χ0) is 27.2. The van der Waals surface area contributed by atoms with Crippen molar-refractivity contribution < 1.29 is 67.8 Å². The Bertz CT molecular complexity index is 1500. The first-order chi connectivity index (χ1) is 18.0. The van der Waals surface area contributed by atoms with Gasteiger partial charge in [-0.15, -0.1) is 0 Å². The van der Waals surface area contributed by atoms with Gasteiger partial charge in [0, 0.05) is 12.8 Å². The fourth-order valence-corrected chi connectivity index (χ4v) is 5.29. The maximum absolute atomic E-state index is 12.6. The second kappa shape index (κ2) is 11.8. The summed E-state index contributed by atoms with van der Waals surface area (Å²) in [6.07, 6.45) is -3.90. The number of ether oxygens (including phenoxy) is 2. The fraction of sp³-hybridized carbons (Fsp3) is 0.579. The van der Waals surface area contributed by atoms with E-state index < -0.39 is 69.2 Å². The summed E-state index contributed by atoms with van der Waals surface area (Å²) in [6, 6.07) is 0. The first-order valence-corrected chi connectivity index (χ1v) is 12.9. The van der Waals surface area contributed by atoms with Crippen molar-refractivity contribution in [1.82, 2.24) is 34.1 Å². The molecule has 2 saturated heterocycles. The average molecular weight is 578 g/mol. The van der Waals surface area contributed by atoms with Crippen molar-refractivity contribution >= 4 is 24.9 Å². The normalized spacial score (nSPS) is 28.4. The number of nitrogens with two attached hydrogens (primary N) is 1. The molecule has 7 atom stereocenters. The van der Waals surface area contributed by atoms with Crippen LogP contribution in [0.5, 0.6) is 0 Å². The van der Waals surface area contributed by atoms with Gasteiger partial charge in [0.1, 0.15) is 36.8 Å². The van der Waals surface area contributed by atoms with Crippen LogP contribution in [-0.4, -0.2) is 81.9 Å². The zero-order valence-corrected chi connectivity index (χ0v) is 23.7. The molecule has 0 spiro atoms. The first kappa shape index (κ1) is 29.9. The van der Waals surface area contributed by atoms with Gasteiger partial charge in [0.15, 0.2) is 11.2 Å². The molecule has 0 bridgehead atoms. The number of rotatable bonds is 8. The van der Waals surface area contributed by atoms with E-state index in [-0.39, 0.29) is 59.5 Å². The topological polar surface area (TPSA) is 255 Å². The van der Waals surface area contributed by atoms with Crippen molar-refractivity contribution in [3.8, 4) is 0 Å². The molecule has 3 aromatic heterocycles. The molecule has 5 heterocycles. The van der Waals surface area contributed by atoms with Gasteiger partial charge in [-0.2, -0.15) is 4.98 Å². The standard InChI is InChI=1S/C19H25N8O10P.Na/c1-8-23-16-15(17(30)24-8)21-6-26(16)13-2-9(29)12(36-13)5-34-38(32,33)37-10-3-14(35-11(10)4-28)27-7-22-18(20)25-19(27)31;/h6-7,9-14,28-29H,2-5H2,1H3,(H,32,33)(H2,20,25,31)(H,23,24,30);/q;+1/p-1/t9-,10-,11-,12-,13-,14-;/m1./s1. The molecule has 0 aromatic carbocycles. The Labute approximate surface area is 241 Å². The van der Waals surface area contributed by atoms with Crippen molar-refractivity contribution in [2.45, 2.75) is 56.6 Å². The number of imidazole rings is 1. The number of phosphoric ester groups is 1. The molecule has 1 unspecified atom stereocenters. The summed E-state index contributed by atoms with van der Waals surface area (Å²) in [7, 11) is -4.99. The number of anilines is 1. The Hall–Kier alpha value is -2.09. The van der Waals surface area contributed by atoms with Gasteiger partial charge in [-0.05, 0) is 6.92 Å². The molecule has 0 amide bonds. The molecule has 39 heavy (non-hydrogen) atoms. The minimum Gasteiger partial charge on any atom is -0.756 e. The molecule has 206 valence electrons. The Kier molecular flexibility index (Phi) is 9.04. The van der Waals surface area contributed by atoms with E-state index in [9.17, 15) is 29.3 Å². The number of nitrogens with zero attached hydrogens (tertiary/aromatic N) is 6. The molecule has 20 heteroatoms. The molecule has 2 fully saturated rings. The Balaban J connectivity index is 0.00000353. The van der Waals surface area contributed by atoms with Crippen LogP contribution in [0, 0.1) is 6.92 Å². The Morgan fingerprint density at radius 2 is 1.87 bits per heavy atom. The van der Waals surface area contributed by atoms with Crippen LogP contribution < -0.4 is 51.4 Å². The van der Waals surface area contributed by atoms with Gasteiger partial charge in [-0.3, -0.25) is 18.5 Å². The number of hydrogen-bond donors (Lipinski definition) is 4. The van der Waals surface area contributed by atoms with Crippen molar-refractivity contribution in [1.29, 1.82) is 0 Å². The van der Waals surface area contributed by atoms with Gasteiger partial charge in [0.2, 0.25) is 5.95 Å². The van der Waals surface area contributed by atoms with Crippen LogP contribution in [0.25, 0.3) is 11.2 Å². The van der Waals surface area contributed by atoms with Crippen LogP contribution in [0.2, 0.25) is 0 Å². The van der Waals surface area contributed by atoms with Gasteiger partial charge >= 0.3 is 35.2 Å². The van der Waals surface area contributed by atoms with Crippen LogP contribution in [0.3, 0.4) is 0 Å². The number of nitrogens with one attached hydrogen (secondary N) is 1. The van der Waals surface area contributed by atoms with Crippen molar-refractivity contribution in [3.63, 3.8) is 0 Å². The fourth-order valence-electron chi connectivity index (χ4n) is 4.34. The molecule has 5 N–H and O–H groups in total. The molecular formula is C19H24N8NaO10P. The quantitative estimate of drug-likeness (QED) is 0.144. The van der Waals surface area contributed by atoms with E-state index in [2.05, 4.69) is 24.9 Å². The van der Waals surface area contributed by atoms with Crippen LogP contribution in [-0.2, 0) is 23.1 Å². The van der Waals surface area contributed by atoms with Gasteiger partial charge in [-0.25, -0.2) is 19.7 Å². The number of aryl methyl sites for hydroxylation is 1. The van der Waals surface area contributed by atoms with E-state index in [0.717, 1.165) is 10.9 Å². The number of H-pyrrole nitrogens is 1. The van der Waals surface area contributed by atoms with E-state index in [1.165, 1.54) is 10.9 Å².